The van der Waals surface area contributed by atoms with Gasteiger partial charge in [0, 0.05) is 33.7 Å². The number of amides is 1. The summed E-state index contributed by atoms with van der Waals surface area (Å²) in [4.78, 5) is 16.4. The van der Waals surface area contributed by atoms with E-state index in [1.54, 1.807) is 35.1 Å². The highest BCUT2D eigenvalue weighted by atomic mass is 35.5. The van der Waals surface area contributed by atoms with Crippen LogP contribution in [0.15, 0.2) is 60.0 Å². The third kappa shape index (κ3) is 4.24. The molecule has 0 atom stereocenters. The molecule has 1 amide bonds. The van der Waals surface area contributed by atoms with Crippen LogP contribution < -0.4 is 5.32 Å². The van der Waals surface area contributed by atoms with Crippen LogP contribution in [0.5, 0.6) is 0 Å². The number of rotatable bonds is 5. The average Bonchev–Trinajstić information content (AvgIpc) is 3.08. The monoisotopic (exact) mass is 430 g/mol. The second-order valence-corrected chi connectivity index (χ2v) is 7.52. The van der Waals surface area contributed by atoms with Crippen LogP contribution in [-0.4, -0.2) is 36.5 Å². The molecule has 0 saturated carbocycles. The van der Waals surface area contributed by atoms with Gasteiger partial charge in [-0.3, -0.25) is 9.78 Å². The first-order valence-electron chi connectivity index (χ1n) is 8.10. The molecular formula is C18H12Cl2N6OS. The summed E-state index contributed by atoms with van der Waals surface area (Å²) in [5, 5.41) is 16.9. The van der Waals surface area contributed by atoms with E-state index < -0.39 is 0 Å². The maximum Gasteiger partial charge on any atom is 0.234 e. The zero-order chi connectivity index (χ0) is 19.5. The van der Waals surface area contributed by atoms with Gasteiger partial charge in [0.05, 0.1) is 11.4 Å². The maximum atomic E-state index is 12.3. The van der Waals surface area contributed by atoms with E-state index in [9.17, 15) is 4.79 Å². The van der Waals surface area contributed by atoms with Gasteiger partial charge >= 0.3 is 0 Å². The van der Waals surface area contributed by atoms with Gasteiger partial charge in [-0.05, 0) is 42.5 Å². The smallest absolute Gasteiger partial charge is 0.234 e. The highest BCUT2D eigenvalue weighted by molar-refractivity contribution is 7.99. The van der Waals surface area contributed by atoms with Crippen LogP contribution >= 0.6 is 35.0 Å². The normalized spacial score (nSPS) is 10.9. The van der Waals surface area contributed by atoms with Crippen LogP contribution in [0.4, 0.5) is 5.69 Å². The highest BCUT2D eigenvalue weighted by Crippen LogP contribution is 2.23. The molecule has 7 nitrogen and oxygen atoms in total. The number of nitrogens with one attached hydrogen (secondary N) is 1. The van der Waals surface area contributed by atoms with Crippen molar-refractivity contribution in [1.82, 2.24) is 24.8 Å². The Morgan fingerprint density at radius 1 is 1.11 bits per heavy atom. The molecule has 10 heteroatoms. The van der Waals surface area contributed by atoms with E-state index in [-0.39, 0.29) is 11.7 Å². The Kier molecular flexibility index (Phi) is 5.43. The van der Waals surface area contributed by atoms with Crippen LogP contribution in [0.2, 0.25) is 10.0 Å². The van der Waals surface area contributed by atoms with E-state index in [1.165, 1.54) is 11.8 Å². The van der Waals surface area contributed by atoms with Gasteiger partial charge in [-0.2, -0.15) is 9.61 Å². The fourth-order valence-corrected chi connectivity index (χ4v) is 3.69. The Balaban J connectivity index is 1.49. The predicted octanol–water partition coefficient (Wildman–Crippen LogP) is 4.22. The fourth-order valence-electron chi connectivity index (χ4n) is 2.48. The summed E-state index contributed by atoms with van der Waals surface area (Å²) in [6, 6.07) is 12.3. The molecule has 0 radical (unpaired) electrons. The lowest BCUT2D eigenvalue weighted by Crippen LogP contribution is -2.14. The number of benzene rings is 1. The van der Waals surface area contributed by atoms with Gasteiger partial charge in [-0.1, -0.05) is 35.0 Å². The van der Waals surface area contributed by atoms with Crippen molar-refractivity contribution in [2.45, 2.75) is 5.16 Å². The molecule has 1 aromatic carbocycles. The van der Waals surface area contributed by atoms with Gasteiger partial charge in [-0.25, -0.2) is 0 Å². The van der Waals surface area contributed by atoms with Crippen LogP contribution in [0.25, 0.3) is 16.9 Å². The van der Waals surface area contributed by atoms with Crippen molar-refractivity contribution in [2.75, 3.05) is 11.1 Å². The molecule has 3 aromatic heterocycles. The number of anilines is 1. The molecule has 1 N–H and O–H groups in total. The van der Waals surface area contributed by atoms with Crippen molar-refractivity contribution in [1.29, 1.82) is 0 Å². The molecule has 0 fully saturated rings. The molecule has 4 aromatic rings. The first kappa shape index (κ1) is 18.7. The summed E-state index contributed by atoms with van der Waals surface area (Å²) in [5.41, 5.74) is 2.74. The molecular weight excluding hydrogens is 419 g/mol. The number of thioether (sulfide) groups is 1. The van der Waals surface area contributed by atoms with Gasteiger partial charge in [0.2, 0.25) is 11.1 Å². The van der Waals surface area contributed by atoms with Crippen LogP contribution in [-0.2, 0) is 4.79 Å². The zero-order valence-corrected chi connectivity index (χ0v) is 16.5. The standard InChI is InChI=1S/C18H12Cl2N6OS/c19-12-6-13(20)8-14(7-12)22-17(27)10-28-18-24-23-16-4-3-15(25-26(16)18)11-2-1-5-21-9-11/h1-9H,10H2,(H,22,27). The lowest BCUT2D eigenvalue weighted by molar-refractivity contribution is -0.113. The van der Waals surface area contributed by atoms with Gasteiger partial charge in [0.15, 0.2) is 5.65 Å². The molecule has 0 aliphatic rings. The van der Waals surface area contributed by atoms with E-state index in [2.05, 4.69) is 25.6 Å². The topological polar surface area (TPSA) is 85.1 Å². The minimum absolute atomic E-state index is 0.129. The number of aromatic nitrogens is 5. The van der Waals surface area contributed by atoms with E-state index in [0.717, 1.165) is 11.3 Å². The summed E-state index contributed by atoms with van der Waals surface area (Å²) in [7, 11) is 0. The largest absolute Gasteiger partial charge is 0.325 e. The second-order valence-electron chi connectivity index (χ2n) is 5.71. The third-order valence-corrected chi connectivity index (χ3v) is 5.03. The molecule has 28 heavy (non-hydrogen) atoms. The summed E-state index contributed by atoms with van der Waals surface area (Å²) < 4.78 is 1.61. The van der Waals surface area contributed by atoms with Crippen molar-refractivity contribution in [2.24, 2.45) is 0 Å². The predicted molar refractivity (Wildman–Crippen MR) is 110 cm³/mol. The van der Waals surface area contributed by atoms with Crippen molar-refractivity contribution in [3.63, 3.8) is 0 Å². The zero-order valence-electron chi connectivity index (χ0n) is 14.2. The summed E-state index contributed by atoms with van der Waals surface area (Å²) in [5.74, 6) is -0.0903. The summed E-state index contributed by atoms with van der Waals surface area (Å²) >= 11 is 13.1. The molecule has 140 valence electrons. The fraction of sp³-hybridized carbons (Fsp3) is 0.0556. The van der Waals surface area contributed by atoms with Gasteiger partial charge < -0.3 is 5.32 Å². The lowest BCUT2D eigenvalue weighted by Gasteiger charge is -2.06. The molecule has 4 rings (SSSR count). The van der Waals surface area contributed by atoms with Crippen molar-refractivity contribution >= 4 is 52.2 Å². The molecule has 0 spiro atoms. The Morgan fingerprint density at radius 2 is 1.93 bits per heavy atom. The Hall–Kier alpha value is -2.68. The quantitative estimate of drug-likeness (QED) is 0.477. The van der Waals surface area contributed by atoms with Gasteiger partial charge in [0.1, 0.15) is 0 Å². The maximum absolute atomic E-state index is 12.3. The van der Waals surface area contributed by atoms with E-state index >= 15 is 0 Å². The van der Waals surface area contributed by atoms with E-state index in [0.29, 0.717) is 26.5 Å². The Morgan fingerprint density at radius 3 is 2.68 bits per heavy atom. The molecule has 0 aliphatic heterocycles. The molecule has 0 bridgehead atoms. The second kappa shape index (κ2) is 8.14. The first-order valence-corrected chi connectivity index (χ1v) is 9.84. The highest BCUT2D eigenvalue weighted by Gasteiger charge is 2.12. The van der Waals surface area contributed by atoms with Crippen LogP contribution in [0.1, 0.15) is 0 Å². The van der Waals surface area contributed by atoms with Crippen LogP contribution in [0, 0.1) is 0 Å². The Labute approximate surface area is 174 Å². The number of carbonyl (C=O) groups is 1. The number of hydrogen-bond acceptors (Lipinski definition) is 6. The van der Waals surface area contributed by atoms with E-state index in [1.807, 2.05) is 24.3 Å². The van der Waals surface area contributed by atoms with Gasteiger partial charge in [-0.15, -0.1) is 10.2 Å². The molecule has 0 unspecified atom stereocenters. The molecule has 3 heterocycles. The number of halogens is 2. The first-order chi connectivity index (χ1) is 13.6. The number of fused-ring (bicyclic) bond motifs is 1. The number of pyridine rings is 1. The average molecular weight is 431 g/mol. The Bertz CT molecular complexity index is 1130. The van der Waals surface area contributed by atoms with Crippen molar-refractivity contribution < 1.29 is 4.79 Å². The molecule has 0 aliphatic carbocycles. The lowest BCUT2D eigenvalue weighted by atomic mass is 10.2. The van der Waals surface area contributed by atoms with Crippen molar-refractivity contribution in [3.05, 3.63) is 64.9 Å². The van der Waals surface area contributed by atoms with Crippen molar-refractivity contribution in [3.8, 4) is 11.3 Å². The third-order valence-electron chi connectivity index (χ3n) is 3.67. The SMILES string of the molecule is O=C(CSc1nnc2ccc(-c3cccnc3)nn12)Nc1cc(Cl)cc(Cl)c1. The van der Waals surface area contributed by atoms with Crippen LogP contribution in [0.3, 0.4) is 0 Å². The number of hydrogen-bond donors (Lipinski definition) is 1. The minimum Gasteiger partial charge on any atom is -0.325 e. The summed E-state index contributed by atoms with van der Waals surface area (Å²) in [6.45, 7) is 0. The number of carbonyl (C=O) groups excluding carboxylic acids is 1. The minimum atomic E-state index is -0.219. The molecule has 0 saturated heterocycles. The summed E-state index contributed by atoms with van der Waals surface area (Å²) in [6.07, 6.45) is 3.43. The van der Waals surface area contributed by atoms with Gasteiger partial charge in [0.25, 0.3) is 0 Å². The van der Waals surface area contributed by atoms with E-state index in [4.69, 9.17) is 23.2 Å². The number of nitrogens with zero attached hydrogens (tertiary/aromatic N) is 5.